The number of hydrogen-bond acceptors (Lipinski definition) is 5. The Labute approximate surface area is 149 Å². The average molecular weight is 363 g/mol. The Balaban J connectivity index is 1.62. The number of nitrogens with one attached hydrogen (secondary N) is 2. The van der Waals surface area contributed by atoms with Gasteiger partial charge in [-0.3, -0.25) is 4.98 Å². The number of pyridine rings is 1. The minimum absolute atomic E-state index is 0.0507. The molecule has 138 valence electrons. The van der Waals surface area contributed by atoms with Crippen molar-refractivity contribution in [2.24, 2.45) is 11.3 Å². The van der Waals surface area contributed by atoms with Gasteiger partial charge in [-0.05, 0) is 43.9 Å². The summed E-state index contributed by atoms with van der Waals surface area (Å²) in [6, 6.07) is 4.20. The second kappa shape index (κ2) is 6.50. The van der Waals surface area contributed by atoms with Crippen LogP contribution in [0.3, 0.4) is 0 Å². The van der Waals surface area contributed by atoms with E-state index in [1.807, 2.05) is 0 Å². The van der Waals surface area contributed by atoms with Gasteiger partial charge >= 0.3 is 6.18 Å². The number of hydrogen-bond donors (Lipinski definition) is 2. The van der Waals surface area contributed by atoms with Gasteiger partial charge < -0.3 is 10.6 Å². The molecule has 0 spiro atoms. The average Bonchev–Trinajstić information content (AvgIpc) is 3.39. The Morgan fingerprint density at radius 1 is 1.19 bits per heavy atom. The molecule has 1 saturated heterocycles. The molecule has 1 saturated carbocycles. The maximum absolute atomic E-state index is 13.3. The third kappa shape index (κ3) is 3.51. The fourth-order valence-electron chi connectivity index (χ4n) is 3.68. The highest BCUT2D eigenvalue weighted by molar-refractivity contribution is 5.57. The van der Waals surface area contributed by atoms with Crippen LogP contribution in [0, 0.1) is 11.3 Å². The third-order valence-corrected chi connectivity index (χ3v) is 5.30. The number of aromatic nitrogens is 3. The molecule has 3 heterocycles. The fourth-order valence-corrected chi connectivity index (χ4v) is 3.68. The predicted molar refractivity (Wildman–Crippen MR) is 91.4 cm³/mol. The van der Waals surface area contributed by atoms with Gasteiger partial charge in [0.2, 0.25) is 0 Å². The molecular weight excluding hydrogens is 343 g/mol. The molecule has 0 aromatic carbocycles. The van der Waals surface area contributed by atoms with Crippen LogP contribution in [-0.2, 0) is 6.18 Å². The van der Waals surface area contributed by atoms with Crippen LogP contribution in [-0.4, -0.2) is 34.6 Å². The molecule has 26 heavy (non-hydrogen) atoms. The van der Waals surface area contributed by atoms with Gasteiger partial charge in [-0.25, -0.2) is 9.97 Å². The highest BCUT2D eigenvalue weighted by Gasteiger charge is 2.46. The lowest BCUT2D eigenvalue weighted by Crippen LogP contribution is -2.34. The van der Waals surface area contributed by atoms with Crippen LogP contribution in [0.25, 0.3) is 11.4 Å². The Bertz CT molecular complexity index is 768. The number of nitrogens with zero attached hydrogens (tertiary/aromatic N) is 3. The van der Waals surface area contributed by atoms with Gasteiger partial charge in [0, 0.05) is 42.5 Å². The molecule has 1 aliphatic carbocycles. The largest absolute Gasteiger partial charge is 0.433 e. The van der Waals surface area contributed by atoms with Crippen LogP contribution in [0.4, 0.5) is 19.0 Å². The zero-order valence-electron chi connectivity index (χ0n) is 14.2. The number of alkyl halides is 3. The summed E-state index contributed by atoms with van der Waals surface area (Å²) in [5, 5.41) is 6.55. The summed E-state index contributed by atoms with van der Waals surface area (Å²) in [5.41, 5.74) is -0.319. The van der Waals surface area contributed by atoms with Gasteiger partial charge in [-0.2, -0.15) is 13.2 Å². The topological polar surface area (TPSA) is 62.7 Å². The quantitative estimate of drug-likeness (QED) is 0.853. The van der Waals surface area contributed by atoms with Crippen LogP contribution in [0.15, 0.2) is 30.6 Å². The van der Waals surface area contributed by atoms with Crippen LogP contribution >= 0.6 is 0 Å². The molecule has 1 atom stereocenters. The van der Waals surface area contributed by atoms with Gasteiger partial charge in [0.25, 0.3) is 0 Å². The second-order valence-electron chi connectivity index (χ2n) is 7.11. The van der Waals surface area contributed by atoms with E-state index >= 15 is 0 Å². The summed E-state index contributed by atoms with van der Waals surface area (Å²) in [7, 11) is 0. The summed E-state index contributed by atoms with van der Waals surface area (Å²) < 4.78 is 39.8. The molecular formula is C18H20F3N5. The normalized spacial score (nSPS) is 23.2. The number of anilines is 1. The number of rotatable bonds is 5. The highest BCUT2D eigenvalue weighted by atomic mass is 19.4. The van der Waals surface area contributed by atoms with E-state index in [-0.39, 0.29) is 17.1 Å². The summed E-state index contributed by atoms with van der Waals surface area (Å²) in [6.45, 7) is 2.48. The Hall–Kier alpha value is -2.22. The Morgan fingerprint density at radius 2 is 1.96 bits per heavy atom. The van der Waals surface area contributed by atoms with Crippen molar-refractivity contribution in [3.05, 3.63) is 36.3 Å². The van der Waals surface area contributed by atoms with Crippen molar-refractivity contribution in [2.75, 3.05) is 25.0 Å². The first-order chi connectivity index (χ1) is 12.5. The van der Waals surface area contributed by atoms with E-state index in [4.69, 9.17) is 0 Å². The molecule has 2 fully saturated rings. The van der Waals surface area contributed by atoms with Crippen molar-refractivity contribution < 1.29 is 13.2 Å². The minimum Gasteiger partial charge on any atom is -0.369 e. The molecule has 0 radical (unpaired) electrons. The molecule has 2 aliphatic rings. The van der Waals surface area contributed by atoms with Crippen molar-refractivity contribution in [3.63, 3.8) is 0 Å². The van der Waals surface area contributed by atoms with Crippen molar-refractivity contribution in [1.29, 1.82) is 0 Å². The fraction of sp³-hybridized carbons (Fsp3) is 0.500. The summed E-state index contributed by atoms with van der Waals surface area (Å²) in [6.07, 6.45) is 1.94. The molecule has 1 unspecified atom stereocenters. The molecule has 1 aliphatic heterocycles. The number of halogens is 3. The molecule has 0 bridgehead atoms. The molecule has 8 heteroatoms. The zero-order valence-corrected chi connectivity index (χ0v) is 14.2. The molecule has 2 aromatic rings. The van der Waals surface area contributed by atoms with Gasteiger partial charge in [-0.15, -0.1) is 0 Å². The Kier molecular flexibility index (Phi) is 4.30. The molecule has 2 N–H and O–H groups in total. The van der Waals surface area contributed by atoms with Crippen molar-refractivity contribution in [3.8, 4) is 11.4 Å². The van der Waals surface area contributed by atoms with Gasteiger partial charge in [0.15, 0.2) is 11.5 Å². The lowest BCUT2D eigenvalue weighted by atomic mass is 9.81. The van der Waals surface area contributed by atoms with E-state index in [0.29, 0.717) is 18.0 Å². The van der Waals surface area contributed by atoms with Crippen LogP contribution < -0.4 is 10.6 Å². The van der Waals surface area contributed by atoms with E-state index in [1.165, 1.54) is 25.2 Å². The highest BCUT2D eigenvalue weighted by Crippen LogP contribution is 2.49. The van der Waals surface area contributed by atoms with E-state index in [2.05, 4.69) is 25.6 Å². The third-order valence-electron chi connectivity index (χ3n) is 5.30. The van der Waals surface area contributed by atoms with Gasteiger partial charge in [-0.1, -0.05) is 0 Å². The molecule has 5 nitrogen and oxygen atoms in total. The standard InChI is InChI=1S/C18H20F3N5/c19-18(20,21)14-9-15(26-16(25-14)12-3-6-22-7-4-12)24-11-17(13-1-2-13)5-8-23-10-17/h3-4,6-7,9,13,23H,1-2,5,8,10-11H2,(H,24,25,26). The summed E-state index contributed by atoms with van der Waals surface area (Å²) in [5.74, 6) is 0.911. The van der Waals surface area contributed by atoms with Gasteiger partial charge in [0.05, 0.1) is 0 Å². The minimum atomic E-state index is -4.52. The maximum atomic E-state index is 13.3. The second-order valence-corrected chi connectivity index (χ2v) is 7.11. The summed E-state index contributed by atoms with van der Waals surface area (Å²) in [4.78, 5) is 11.9. The van der Waals surface area contributed by atoms with Crippen molar-refractivity contribution in [2.45, 2.75) is 25.4 Å². The van der Waals surface area contributed by atoms with Crippen molar-refractivity contribution >= 4 is 5.82 Å². The molecule has 0 amide bonds. The first-order valence-corrected chi connectivity index (χ1v) is 8.78. The first-order valence-electron chi connectivity index (χ1n) is 8.78. The molecule has 4 rings (SSSR count). The monoisotopic (exact) mass is 363 g/mol. The van der Waals surface area contributed by atoms with Crippen LogP contribution in [0.1, 0.15) is 25.0 Å². The smallest absolute Gasteiger partial charge is 0.369 e. The lowest BCUT2D eigenvalue weighted by Gasteiger charge is -2.29. The molecule has 2 aromatic heterocycles. The predicted octanol–water partition coefficient (Wildman–Crippen LogP) is 3.36. The Morgan fingerprint density at radius 3 is 2.58 bits per heavy atom. The van der Waals surface area contributed by atoms with Gasteiger partial charge in [0.1, 0.15) is 5.82 Å². The van der Waals surface area contributed by atoms with E-state index < -0.39 is 11.9 Å². The first kappa shape index (κ1) is 17.2. The van der Waals surface area contributed by atoms with Crippen LogP contribution in [0.5, 0.6) is 0 Å². The van der Waals surface area contributed by atoms with Crippen LogP contribution in [0.2, 0.25) is 0 Å². The zero-order chi connectivity index (χ0) is 18.2. The van der Waals surface area contributed by atoms with E-state index in [0.717, 1.165) is 25.6 Å². The maximum Gasteiger partial charge on any atom is 0.433 e. The van der Waals surface area contributed by atoms with E-state index in [9.17, 15) is 13.2 Å². The lowest BCUT2D eigenvalue weighted by molar-refractivity contribution is -0.141. The summed E-state index contributed by atoms with van der Waals surface area (Å²) >= 11 is 0. The van der Waals surface area contributed by atoms with Crippen molar-refractivity contribution in [1.82, 2.24) is 20.3 Å². The SMILES string of the molecule is FC(F)(F)c1cc(NCC2(C3CC3)CCNC2)nc(-c2ccncc2)n1. The van der Waals surface area contributed by atoms with E-state index in [1.54, 1.807) is 12.1 Å².